The van der Waals surface area contributed by atoms with E-state index in [4.69, 9.17) is 0 Å². The normalized spacial score (nSPS) is 9.27. The van der Waals surface area contributed by atoms with E-state index in [-0.39, 0.29) is 6.03 Å². The minimum atomic E-state index is -0.110. The van der Waals surface area contributed by atoms with E-state index in [1.54, 1.807) is 7.05 Å². The number of carbonyl (C=O) groups is 1. The third-order valence-electron chi connectivity index (χ3n) is 1.29. The van der Waals surface area contributed by atoms with Gasteiger partial charge in [-0.15, -0.1) is 0 Å². The van der Waals surface area contributed by atoms with Gasteiger partial charge in [-0.1, -0.05) is 6.92 Å². The zero-order chi connectivity index (χ0) is 8.53. The zero-order valence-corrected chi connectivity index (χ0v) is 7.24. The summed E-state index contributed by atoms with van der Waals surface area (Å²) in [4.78, 5) is 10.6. The minimum Gasteiger partial charge on any atom is -0.341 e. The van der Waals surface area contributed by atoms with Crippen LogP contribution in [0.15, 0.2) is 0 Å². The number of amides is 2. The summed E-state index contributed by atoms with van der Waals surface area (Å²) in [7, 11) is 1.61. The summed E-state index contributed by atoms with van der Waals surface area (Å²) in [5.74, 6) is 0. The van der Waals surface area contributed by atoms with Crippen LogP contribution in [0.5, 0.6) is 0 Å². The van der Waals surface area contributed by atoms with Crippen LogP contribution in [-0.4, -0.2) is 32.7 Å². The Kier molecular flexibility index (Phi) is 6.82. The van der Waals surface area contributed by atoms with Crippen molar-refractivity contribution in [2.45, 2.75) is 13.3 Å². The summed E-state index contributed by atoms with van der Waals surface area (Å²) < 4.78 is 0. The van der Waals surface area contributed by atoms with Crippen LogP contribution in [0, 0.1) is 0 Å². The second-order valence-electron chi connectivity index (χ2n) is 2.21. The van der Waals surface area contributed by atoms with Crippen molar-refractivity contribution in [2.24, 2.45) is 0 Å². The molecule has 0 aliphatic carbocycles. The monoisotopic (exact) mass is 159 g/mol. The van der Waals surface area contributed by atoms with E-state index in [1.165, 1.54) is 0 Å². The molecule has 11 heavy (non-hydrogen) atoms. The molecule has 0 rings (SSSR count). The highest BCUT2D eigenvalue weighted by Gasteiger charge is 1.92. The summed E-state index contributed by atoms with van der Waals surface area (Å²) in [5, 5.41) is 8.35. The van der Waals surface area contributed by atoms with E-state index >= 15 is 0 Å². The Hall–Kier alpha value is -0.770. The van der Waals surface area contributed by atoms with Gasteiger partial charge in [0.2, 0.25) is 0 Å². The van der Waals surface area contributed by atoms with E-state index in [1.807, 2.05) is 0 Å². The topological polar surface area (TPSA) is 53.2 Å². The highest BCUT2D eigenvalue weighted by molar-refractivity contribution is 5.73. The van der Waals surface area contributed by atoms with Gasteiger partial charge in [0, 0.05) is 13.6 Å². The van der Waals surface area contributed by atoms with E-state index < -0.39 is 0 Å². The lowest BCUT2D eigenvalue weighted by Crippen LogP contribution is -2.34. The smallest absolute Gasteiger partial charge is 0.314 e. The summed E-state index contributed by atoms with van der Waals surface area (Å²) in [5.41, 5.74) is 0. The van der Waals surface area contributed by atoms with E-state index in [2.05, 4.69) is 22.9 Å². The molecular weight excluding hydrogens is 142 g/mol. The molecule has 0 heterocycles. The maximum Gasteiger partial charge on any atom is 0.314 e. The molecule has 3 N–H and O–H groups in total. The van der Waals surface area contributed by atoms with Crippen LogP contribution < -0.4 is 16.0 Å². The molecule has 0 spiro atoms. The van der Waals surface area contributed by atoms with Crippen molar-refractivity contribution in [3.05, 3.63) is 0 Å². The first-order valence-electron chi connectivity index (χ1n) is 3.97. The van der Waals surface area contributed by atoms with Crippen LogP contribution in [0.25, 0.3) is 0 Å². The molecule has 0 aromatic heterocycles. The quantitative estimate of drug-likeness (QED) is 0.491. The Labute approximate surface area is 67.7 Å². The Balaban J connectivity index is 2.95. The molecule has 0 unspecified atom stereocenters. The maximum absolute atomic E-state index is 10.6. The van der Waals surface area contributed by atoms with Crippen LogP contribution in [0.2, 0.25) is 0 Å². The Morgan fingerprint density at radius 3 is 2.64 bits per heavy atom. The highest BCUT2D eigenvalue weighted by atomic mass is 16.2. The molecule has 0 saturated carbocycles. The van der Waals surface area contributed by atoms with E-state index in [9.17, 15) is 4.79 Å². The zero-order valence-electron chi connectivity index (χ0n) is 7.24. The molecule has 0 aliphatic rings. The lowest BCUT2D eigenvalue weighted by Gasteiger charge is -2.03. The fourth-order valence-corrected chi connectivity index (χ4v) is 0.680. The molecular formula is C7H17N3O. The number of hydrogen-bond donors (Lipinski definition) is 3. The number of carbonyl (C=O) groups excluding carboxylic acids is 1. The first-order valence-corrected chi connectivity index (χ1v) is 3.97. The number of rotatable bonds is 5. The predicted molar refractivity (Wildman–Crippen MR) is 45.6 cm³/mol. The lowest BCUT2D eigenvalue weighted by atomic mass is 10.4. The average molecular weight is 159 g/mol. The molecule has 0 fully saturated rings. The van der Waals surface area contributed by atoms with Gasteiger partial charge in [0.25, 0.3) is 0 Å². The number of nitrogens with one attached hydrogen (secondary N) is 3. The van der Waals surface area contributed by atoms with Gasteiger partial charge in [-0.25, -0.2) is 4.79 Å². The van der Waals surface area contributed by atoms with Gasteiger partial charge in [0.15, 0.2) is 0 Å². The number of hydrogen-bond acceptors (Lipinski definition) is 2. The van der Waals surface area contributed by atoms with Crippen molar-refractivity contribution in [2.75, 3.05) is 26.7 Å². The molecule has 0 atom stereocenters. The first kappa shape index (κ1) is 10.2. The number of urea groups is 1. The summed E-state index contributed by atoms with van der Waals surface area (Å²) in [6.07, 6.45) is 0.973. The summed E-state index contributed by atoms with van der Waals surface area (Å²) in [6.45, 7) is 4.74. The molecule has 66 valence electrons. The maximum atomic E-state index is 10.6. The predicted octanol–water partition coefficient (Wildman–Crippen LogP) is -0.0850. The standard InChI is InChI=1S/C7H17N3O/c1-3-9-5-4-6-10-7(11)8-2/h9H,3-6H2,1-2H3,(H2,8,10,11). The molecule has 4 heteroatoms. The summed E-state index contributed by atoms with van der Waals surface area (Å²) in [6, 6.07) is -0.110. The van der Waals surface area contributed by atoms with Crippen LogP contribution in [0.1, 0.15) is 13.3 Å². The minimum absolute atomic E-state index is 0.110. The molecule has 2 amide bonds. The molecule has 4 nitrogen and oxygen atoms in total. The van der Waals surface area contributed by atoms with Crippen molar-refractivity contribution in [1.29, 1.82) is 0 Å². The van der Waals surface area contributed by atoms with Gasteiger partial charge >= 0.3 is 6.03 Å². The van der Waals surface area contributed by atoms with Gasteiger partial charge in [-0.05, 0) is 19.5 Å². The largest absolute Gasteiger partial charge is 0.341 e. The van der Waals surface area contributed by atoms with Crippen molar-refractivity contribution in [3.8, 4) is 0 Å². The van der Waals surface area contributed by atoms with Gasteiger partial charge < -0.3 is 16.0 Å². The van der Waals surface area contributed by atoms with Gasteiger partial charge in [0.05, 0.1) is 0 Å². The molecule has 0 saturated heterocycles. The van der Waals surface area contributed by atoms with Crippen molar-refractivity contribution in [3.63, 3.8) is 0 Å². The van der Waals surface area contributed by atoms with Crippen molar-refractivity contribution >= 4 is 6.03 Å². The van der Waals surface area contributed by atoms with E-state index in [0.29, 0.717) is 0 Å². The molecule has 0 radical (unpaired) electrons. The van der Waals surface area contributed by atoms with E-state index in [0.717, 1.165) is 26.1 Å². The third kappa shape index (κ3) is 7.12. The van der Waals surface area contributed by atoms with Crippen LogP contribution in [-0.2, 0) is 0 Å². The molecule has 0 aromatic rings. The van der Waals surface area contributed by atoms with Gasteiger partial charge in [-0.2, -0.15) is 0 Å². The lowest BCUT2D eigenvalue weighted by molar-refractivity contribution is 0.243. The fourth-order valence-electron chi connectivity index (χ4n) is 0.680. The third-order valence-corrected chi connectivity index (χ3v) is 1.29. The molecule has 0 aromatic carbocycles. The summed E-state index contributed by atoms with van der Waals surface area (Å²) >= 11 is 0. The Morgan fingerprint density at radius 2 is 2.09 bits per heavy atom. The first-order chi connectivity index (χ1) is 5.31. The molecule has 0 bridgehead atoms. The Morgan fingerprint density at radius 1 is 1.36 bits per heavy atom. The average Bonchev–Trinajstić information content (AvgIpc) is 2.04. The van der Waals surface area contributed by atoms with Crippen molar-refractivity contribution in [1.82, 2.24) is 16.0 Å². The van der Waals surface area contributed by atoms with Gasteiger partial charge in [0.1, 0.15) is 0 Å². The van der Waals surface area contributed by atoms with Crippen LogP contribution in [0.4, 0.5) is 4.79 Å². The second kappa shape index (κ2) is 7.34. The Bertz CT molecular complexity index is 106. The van der Waals surface area contributed by atoms with Crippen LogP contribution in [0.3, 0.4) is 0 Å². The fraction of sp³-hybridized carbons (Fsp3) is 0.857. The highest BCUT2D eigenvalue weighted by Crippen LogP contribution is 1.72. The molecule has 0 aliphatic heterocycles. The van der Waals surface area contributed by atoms with Gasteiger partial charge in [-0.3, -0.25) is 0 Å². The SMILES string of the molecule is CCNCCCNC(=O)NC. The second-order valence-corrected chi connectivity index (χ2v) is 2.21. The van der Waals surface area contributed by atoms with Crippen molar-refractivity contribution < 1.29 is 4.79 Å². The van der Waals surface area contributed by atoms with Crippen LogP contribution >= 0.6 is 0 Å².